The van der Waals surface area contributed by atoms with Gasteiger partial charge in [-0.15, -0.1) is 11.6 Å². The van der Waals surface area contributed by atoms with Gasteiger partial charge in [0.2, 0.25) is 0 Å². The van der Waals surface area contributed by atoms with Gasteiger partial charge < -0.3 is 0 Å². The maximum atomic E-state index is 6.32. The molecule has 0 aromatic heterocycles. The molecule has 0 fully saturated rings. The minimum atomic E-state index is -0.0478. The largest absolute Gasteiger partial charge is 0.126 e. The van der Waals surface area contributed by atoms with Crippen LogP contribution in [0.25, 0.3) is 0 Å². The normalized spacial score (nSPS) is 14.1. The van der Waals surface area contributed by atoms with E-state index in [1.54, 1.807) is 0 Å². The van der Waals surface area contributed by atoms with Gasteiger partial charge in [-0.25, -0.2) is 0 Å². The molecule has 2 rings (SSSR count). The average Bonchev–Trinajstić information content (AvgIpc) is 2.48. The number of hydrogen-bond acceptors (Lipinski definition) is 0. The predicted molar refractivity (Wildman–Crippen MR) is 84.3 cm³/mol. The van der Waals surface area contributed by atoms with E-state index in [0.29, 0.717) is 5.88 Å². The highest BCUT2D eigenvalue weighted by atomic mass is 35.5. The van der Waals surface area contributed by atoms with E-state index in [-0.39, 0.29) is 5.41 Å². The third kappa shape index (κ3) is 3.13. The molecule has 1 unspecified atom stereocenters. The van der Waals surface area contributed by atoms with E-state index in [4.69, 9.17) is 23.2 Å². The van der Waals surface area contributed by atoms with Crippen molar-refractivity contribution in [1.82, 2.24) is 0 Å². The summed E-state index contributed by atoms with van der Waals surface area (Å²) in [6.45, 7) is 2.19. The molecule has 0 saturated carbocycles. The molecule has 2 aromatic carbocycles. The van der Waals surface area contributed by atoms with Crippen LogP contribution in [0, 0.1) is 0 Å². The van der Waals surface area contributed by atoms with Crippen molar-refractivity contribution in [3.05, 3.63) is 70.7 Å². The zero-order chi connectivity index (χ0) is 13.7. The molecular formula is C17H18Cl2. The first kappa shape index (κ1) is 14.4. The molecule has 0 spiro atoms. The predicted octanol–water partition coefficient (Wildman–Crippen LogP) is 5.47. The van der Waals surface area contributed by atoms with Crippen molar-refractivity contribution in [2.45, 2.75) is 25.2 Å². The molecular weight excluding hydrogens is 275 g/mol. The lowest BCUT2D eigenvalue weighted by molar-refractivity contribution is 0.458. The van der Waals surface area contributed by atoms with Gasteiger partial charge in [0, 0.05) is 16.3 Å². The Morgan fingerprint density at radius 2 is 1.58 bits per heavy atom. The lowest BCUT2D eigenvalue weighted by Gasteiger charge is -2.32. The van der Waals surface area contributed by atoms with Gasteiger partial charge in [0.1, 0.15) is 0 Å². The third-order valence-corrected chi connectivity index (χ3v) is 4.69. The van der Waals surface area contributed by atoms with Crippen molar-refractivity contribution in [2.75, 3.05) is 5.88 Å². The molecule has 0 nitrogen and oxygen atoms in total. The first-order valence-corrected chi connectivity index (χ1v) is 7.48. The fourth-order valence-corrected chi connectivity index (χ4v) is 3.09. The average molecular weight is 293 g/mol. The summed E-state index contributed by atoms with van der Waals surface area (Å²) in [5.74, 6) is 0.596. The van der Waals surface area contributed by atoms with Crippen molar-refractivity contribution in [3.8, 4) is 0 Å². The fourth-order valence-electron chi connectivity index (χ4n) is 2.45. The molecule has 100 valence electrons. The molecule has 0 saturated heterocycles. The van der Waals surface area contributed by atoms with Crippen molar-refractivity contribution < 1.29 is 0 Å². The van der Waals surface area contributed by atoms with Crippen LogP contribution in [0.3, 0.4) is 0 Å². The van der Waals surface area contributed by atoms with Gasteiger partial charge in [-0.1, -0.05) is 67.1 Å². The quantitative estimate of drug-likeness (QED) is 0.641. The Morgan fingerprint density at radius 1 is 0.947 bits per heavy atom. The van der Waals surface area contributed by atoms with Crippen molar-refractivity contribution in [3.63, 3.8) is 0 Å². The zero-order valence-electron chi connectivity index (χ0n) is 11.1. The van der Waals surface area contributed by atoms with Crippen LogP contribution < -0.4 is 0 Å². The second-order valence-corrected chi connectivity index (χ2v) is 5.58. The molecule has 19 heavy (non-hydrogen) atoms. The topological polar surface area (TPSA) is 0 Å². The summed E-state index contributed by atoms with van der Waals surface area (Å²) in [6, 6.07) is 18.5. The molecule has 0 bridgehead atoms. The van der Waals surface area contributed by atoms with Crippen LogP contribution in [-0.4, -0.2) is 5.88 Å². The van der Waals surface area contributed by atoms with Crippen LogP contribution in [-0.2, 0) is 11.8 Å². The number of hydrogen-bond donors (Lipinski definition) is 0. The van der Waals surface area contributed by atoms with E-state index in [1.807, 2.05) is 24.3 Å². The first-order valence-electron chi connectivity index (χ1n) is 6.57. The molecule has 0 aliphatic heterocycles. The maximum Gasteiger partial charge on any atom is 0.0438 e. The second kappa shape index (κ2) is 6.45. The molecule has 0 heterocycles. The van der Waals surface area contributed by atoms with Crippen LogP contribution in [0.5, 0.6) is 0 Å². The van der Waals surface area contributed by atoms with Crippen LogP contribution in [0.1, 0.15) is 24.5 Å². The molecule has 1 atom stereocenters. The number of rotatable bonds is 5. The SMILES string of the molecule is CCC(CCl)(Cc1ccccc1Cl)c1ccccc1. The van der Waals surface area contributed by atoms with Gasteiger partial charge >= 0.3 is 0 Å². The molecule has 0 amide bonds. The Morgan fingerprint density at radius 3 is 2.16 bits per heavy atom. The smallest absolute Gasteiger partial charge is 0.0438 e. The fraction of sp³-hybridized carbons (Fsp3) is 0.294. The van der Waals surface area contributed by atoms with Crippen molar-refractivity contribution in [2.24, 2.45) is 0 Å². The standard InChI is InChI=1S/C17H18Cl2/c1-2-17(13-18,15-9-4-3-5-10-15)12-14-8-6-7-11-16(14)19/h3-11H,2,12-13H2,1H3. The van der Waals surface area contributed by atoms with E-state index in [1.165, 1.54) is 5.56 Å². The Kier molecular flexibility index (Phi) is 4.90. The van der Waals surface area contributed by atoms with E-state index in [0.717, 1.165) is 23.4 Å². The van der Waals surface area contributed by atoms with Gasteiger partial charge in [-0.3, -0.25) is 0 Å². The Balaban J connectivity index is 2.38. The first-order chi connectivity index (χ1) is 9.22. The van der Waals surface area contributed by atoms with Gasteiger partial charge in [-0.05, 0) is 30.0 Å². The number of halogens is 2. The summed E-state index contributed by atoms with van der Waals surface area (Å²) in [5.41, 5.74) is 2.40. The Bertz CT molecular complexity index is 516. The highest BCUT2D eigenvalue weighted by Crippen LogP contribution is 2.35. The van der Waals surface area contributed by atoms with E-state index in [9.17, 15) is 0 Å². The third-order valence-electron chi connectivity index (χ3n) is 3.81. The number of benzene rings is 2. The van der Waals surface area contributed by atoms with E-state index >= 15 is 0 Å². The van der Waals surface area contributed by atoms with Gasteiger partial charge in [-0.2, -0.15) is 0 Å². The van der Waals surface area contributed by atoms with Crippen LogP contribution in [0.15, 0.2) is 54.6 Å². The summed E-state index contributed by atoms with van der Waals surface area (Å²) in [5, 5.41) is 0.821. The van der Waals surface area contributed by atoms with Gasteiger partial charge in [0.15, 0.2) is 0 Å². The molecule has 2 aromatic rings. The van der Waals surface area contributed by atoms with Crippen LogP contribution in [0.4, 0.5) is 0 Å². The highest BCUT2D eigenvalue weighted by Gasteiger charge is 2.30. The summed E-state index contributed by atoms with van der Waals surface area (Å²) in [4.78, 5) is 0. The molecule has 0 aliphatic rings. The van der Waals surface area contributed by atoms with Gasteiger partial charge in [0.05, 0.1) is 0 Å². The van der Waals surface area contributed by atoms with Crippen LogP contribution in [0.2, 0.25) is 5.02 Å². The van der Waals surface area contributed by atoms with E-state index < -0.39 is 0 Å². The minimum Gasteiger partial charge on any atom is -0.126 e. The second-order valence-electron chi connectivity index (χ2n) is 4.90. The highest BCUT2D eigenvalue weighted by molar-refractivity contribution is 6.31. The number of alkyl halides is 1. The molecule has 0 N–H and O–H groups in total. The summed E-state index contributed by atoms with van der Waals surface area (Å²) < 4.78 is 0. The van der Waals surface area contributed by atoms with E-state index in [2.05, 4.69) is 37.3 Å². The molecule has 0 aliphatic carbocycles. The minimum absolute atomic E-state index is 0.0478. The maximum absolute atomic E-state index is 6.32. The Hall–Kier alpha value is -0.980. The van der Waals surface area contributed by atoms with Crippen molar-refractivity contribution in [1.29, 1.82) is 0 Å². The zero-order valence-corrected chi connectivity index (χ0v) is 12.6. The lowest BCUT2D eigenvalue weighted by Crippen LogP contribution is -2.30. The monoisotopic (exact) mass is 292 g/mol. The summed E-state index contributed by atoms with van der Waals surface area (Å²) in [6.07, 6.45) is 1.86. The van der Waals surface area contributed by atoms with Crippen molar-refractivity contribution >= 4 is 23.2 Å². The molecule has 0 radical (unpaired) electrons. The van der Waals surface area contributed by atoms with Gasteiger partial charge in [0.25, 0.3) is 0 Å². The van der Waals surface area contributed by atoms with Crippen LogP contribution >= 0.6 is 23.2 Å². The molecule has 2 heteroatoms. The summed E-state index contributed by atoms with van der Waals surface area (Å²) in [7, 11) is 0. The Labute approximate surface area is 125 Å². The summed E-state index contributed by atoms with van der Waals surface area (Å²) >= 11 is 12.6. The lowest BCUT2D eigenvalue weighted by atomic mass is 9.75.